The summed E-state index contributed by atoms with van der Waals surface area (Å²) in [5.74, 6) is 0.973. The molecule has 3 heteroatoms. The first-order chi connectivity index (χ1) is 5.59. The number of hydrogen-bond donors (Lipinski definition) is 0. The van der Waals surface area contributed by atoms with Gasteiger partial charge in [0, 0.05) is 5.92 Å². The molecule has 0 spiro atoms. The van der Waals surface area contributed by atoms with E-state index in [1.165, 1.54) is 6.39 Å². The second-order valence-electron chi connectivity index (χ2n) is 4.25. The van der Waals surface area contributed by atoms with E-state index in [-0.39, 0.29) is 5.41 Å². The molecule has 1 unspecified atom stereocenters. The third-order valence-electron chi connectivity index (χ3n) is 2.32. The second-order valence-corrected chi connectivity index (χ2v) is 4.25. The Morgan fingerprint density at radius 3 is 2.92 bits per heavy atom. The molecule has 3 nitrogen and oxygen atoms in total. The molecule has 0 saturated heterocycles. The van der Waals surface area contributed by atoms with E-state index >= 15 is 0 Å². The van der Waals surface area contributed by atoms with Gasteiger partial charge in [-0.3, -0.25) is 0 Å². The fourth-order valence-corrected chi connectivity index (χ4v) is 1.48. The molecule has 0 fully saturated rings. The fraction of sp³-hybridized carbons (Fsp3) is 0.667. The molecular weight excluding hydrogens is 154 g/mol. The van der Waals surface area contributed by atoms with E-state index in [0.29, 0.717) is 18.5 Å². The first kappa shape index (κ1) is 7.65. The lowest BCUT2D eigenvalue weighted by molar-refractivity contribution is 0.211. The van der Waals surface area contributed by atoms with Gasteiger partial charge in [0.1, 0.15) is 12.3 Å². The molecule has 0 bridgehead atoms. The molecule has 0 aliphatic carbocycles. The van der Waals surface area contributed by atoms with E-state index in [1.54, 1.807) is 0 Å². The zero-order valence-corrected chi connectivity index (χ0v) is 7.63. The molecule has 2 heterocycles. The summed E-state index contributed by atoms with van der Waals surface area (Å²) in [6.45, 7) is 7.26. The van der Waals surface area contributed by atoms with Crippen LogP contribution < -0.4 is 4.74 Å². The molecule has 1 aliphatic heterocycles. The van der Waals surface area contributed by atoms with Crippen LogP contribution in [0.2, 0.25) is 0 Å². The zero-order valence-electron chi connectivity index (χ0n) is 7.63. The molecule has 0 radical (unpaired) electrons. The number of ether oxygens (including phenoxy) is 1. The van der Waals surface area contributed by atoms with E-state index in [4.69, 9.17) is 9.15 Å². The molecular formula is C9H13NO2. The predicted octanol–water partition coefficient (Wildman–Crippen LogP) is 2.20. The standard InChI is InChI=1S/C9H13NO2/c1-9(2,3)6-4-11-8-7(6)10-5-12-8/h5-6H,4H2,1-3H3. The number of nitrogens with zero attached hydrogens (tertiary/aromatic N) is 1. The molecule has 1 aromatic rings. The van der Waals surface area contributed by atoms with Gasteiger partial charge in [-0.1, -0.05) is 20.8 Å². The van der Waals surface area contributed by atoms with Gasteiger partial charge >= 0.3 is 5.95 Å². The maximum absolute atomic E-state index is 5.35. The summed E-state index contributed by atoms with van der Waals surface area (Å²) in [5.41, 5.74) is 1.17. The minimum atomic E-state index is 0.197. The van der Waals surface area contributed by atoms with Gasteiger partial charge in [0.2, 0.25) is 0 Å². The molecule has 0 aromatic carbocycles. The van der Waals surface area contributed by atoms with Crippen LogP contribution in [0.5, 0.6) is 5.95 Å². The van der Waals surface area contributed by atoms with Crippen molar-refractivity contribution < 1.29 is 9.15 Å². The van der Waals surface area contributed by atoms with Crippen LogP contribution in [0.1, 0.15) is 32.4 Å². The van der Waals surface area contributed by atoms with Crippen LogP contribution in [-0.2, 0) is 0 Å². The highest BCUT2D eigenvalue weighted by molar-refractivity contribution is 5.25. The SMILES string of the molecule is CC(C)(C)C1COc2ocnc21. The second kappa shape index (κ2) is 2.25. The van der Waals surface area contributed by atoms with Crippen LogP contribution in [0, 0.1) is 5.41 Å². The van der Waals surface area contributed by atoms with E-state index in [0.717, 1.165) is 5.69 Å². The van der Waals surface area contributed by atoms with Gasteiger partial charge in [-0.25, -0.2) is 4.98 Å². The van der Waals surface area contributed by atoms with Gasteiger partial charge in [-0.2, -0.15) is 0 Å². The summed E-state index contributed by atoms with van der Waals surface area (Å²) in [5, 5.41) is 0. The maximum atomic E-state index is 5.35. The van der Waals surface area contributed by atoms with E-state index < -0.39 is 0 Å². The van der Waals surface area contributed by atoms with Gasteiger partial charge in [0.05, 0.1) is 0 Å². The van der Waals surface area contributed by atoms with Crippen LogP contribution in [0.25, 0.3) is 0 Å². The number of rotatable bonds is 0. The Labute approximate surface area is 71.7 Å². The lowest BCUT2D eigenvalue weighted by Crippen LogP contribution is -2.20. The molecule has 0 N–H and O–H groups in total. The molecule has 2 rings (SSSR count). The lowest BCUT2D eigenvalue weighted by atomic mass is 9.80. The van der Waals surface area contributed by atoms with Crippen LogP contribution in [0.15, 0.2) is 10.8 Å². The Morgan fingerprint density at radius 1 is 1.50 bits per heavy atom. The molecule has 1 atom stereocenters. The Kier molecular flexibility index (Phi) is 1.43. The van der Waals surface area contributed by atoms with Gasteiger partial charge in [0.15, 0.2) is 6.39 Å². The summed E-state index contributed by atoms with van der Waals surface area (Å²) in [4.78, 5) is 4.15. The summed E-state index contributed by atoms with van der Waals surface area (Å²) in [7, 11) is 0. The monoisotopic (exact) mass is 167 g/mol. The van der Waals surface area contributed by atoms with Crippen molar-refractivity contribution in [2.45, 2.75) is 26.7 Å². The van der Waals surface area contributed by atoms with E-state index in [1.807, 2.05) is 0 Å². The van der Waals surface area contributed by atoms with Crippen LogP contribution in [0.3, 0.4) is 0 Å². The Hall–Kier alpha value is -0.990. The predicted molar refractivity (Wildman–Crippen MR) is 44.2 cm³/mol. The minimum Gasteiger partial charge on any atom is -0.463 e. The van der Waals surface area contributed by atoms with Crippen molar-refractivity contribution in [3.05, 3.63) is 12.1 Å². The van der Waals surface area contributed by atoms with Crippen LogP contribution >= 0.6 is 0 Å². The van der Waals surface area contributed by atoms with Crippen molar-refractivity contribution in [1.82, 2.24) is 4.98 Å². The Morgan fingerprint density at radius 2 is 2.25 bits per heavy atom. The zero-order chi connectivity index (χ0) is 8.77. The van der Waals surface area contributed by atoms with Gasteiger partial charge in [-0.15, -0.1) is 0 Å². The van der Waals surface area contributed by atoms with Crippen molar-refractivity contribution in [1.29, 1.82) is 0 Å². The minimum absolute atomic E-state index is 0.197. The summed E-state index contributed by atoms with van der Waals surface area (Å²) >= 11 is 0. The molecule has 0 amide bonds. The molecule has 12 heavy (non-hydrogen) atoms. The number of aromatic nitrogens is 1. The highest BCUT2D eigenvalue weighted by Gasteiger charge is 2.37. The summed E-state index contributed by atoms with van der Waals surface area (Å²) in [6, 6.07) is 0. The molecule has 1 aliphatic rings. The van der Waals surface area contributed by atoms with Gasteiger partial charge < -0.3 is 9.15 Å². The maximum Gasteiger partial charge on any atom is 0.308 e. The highest BCUT2D eigenvalue weighted by atomic mass is 16.6. The summed E-state index contributed by atoms with van der Waals surface area (Å²) < 4.78 is 10.4. The van der Waals surface area contributed by atoms with Crippen molar-refractivity contribution in [3.8, 4) is 5.95 Å². The quantitative estimate of drug-likeness (QED) is 0.594. The van der Waals surface area contributed by atoms with Gasteiger partial charge in [-0.05, 0) is 5.41 Å². The van der Waals surface area contributed by atoms with E-state index in [2.05, 4.69) is 25.8 Å². The van der Waals surface area contributed by atoms with Crippen molar-refractivity contribution in [2.75, 3.05) is 6.61 Å². The third-order valence-corrected chi connectivity index (χ3v) is 2.32. The number of hydrogen-bond acceptors (Lipinski definition) is 3. The summed E-state index contributed by atoms with van der Waals surface area (Å²) in [6.07, 6.45) is 1.45. The van der Waals surface area contributed by atoms with E-state index in [9.17, 15) is 0 Å². The molecule has 0 saturated carbocycles. The number of fused-ring (bicyclic) bond motifs is 1. The smallest absolute Gasteiger partial charge is 0.308 e. The molecule has 1 aromatic heterocycles. The van der Waals surface area contributed by atoms with Crippen molar-refractivity contribution in [2.24, 2.45) is 5.41 Å². The van der Waals surface area contributed by atoms with Crippen molar-refractivity contribution in [3.63, 3.8) is 0 Å². The average Bonchev–Trinajstić information content (AvgIpc) is 2.37. The normalized spacial score (nSPS) is 22.1. The fourth-order valence-electron chi connectivity index (χ4n) is 1.48. The highest BCUT2D eigenvalue weighted by Crippen LogP contribution is 2.43. The first-order valence-corrected chi connectivity index (χ1v) is 4.15. The van der Waals surface area contributed by atoms with Crippen LogP contribution in [-0.4, -0.2) is 11.6 Å². The van der Waals surface area contributed by atoms with Crippen LogP contribution in [0.4, 0.5) is 0 Å². The topological polar surface area (TPSA) is 35.3 Å². The Balaban J connectivity index is 2.34. The first-order valence-electron chi connectivity index (χ1n) is 4.15. The largest absolute Gasteiger partial charge is 0.463 e. The average molecular weight is 167 g/mol. The lowest BCUT2D eigenvalue weighted by Gasteiger charge is -2.23. The molecule has 66 valence electrons. The Bertz CT molecular complexity index is 285. The van der Waals surface area contributed by atoms with Crippen molar-refractivity contribution >= 4 is 0 Å². The number of oxazole rings is 1. The third kappa shape index (κ3) is 1.00. The van der Waals surface area contributed by atoms with Gasteiger partial charge in [0.25, 0.3) is 0 Å².